The van der Waals surface area contributed by atoms with Crippen LogP contribution in [0.5, 0.6) is 0 Å². The van der Waals surface area contributed by atoms with Crippen molar-refractivity contribution in [1.29, 1.82) is 0 Å². The van der Waals surface area contributed by atoms with E-state index >= 15 is 0 Å². The quantitative estimate of drug-likeness (QED) is 0.893. The van der Waals surface area contributed by atoms with Gasteiger partial charge in [-0.05, 0) is 30.5 Å². The maximum absolute atomic E-state index is 13.3. The molecule has 1 aliphatic carbocycles. The van der Waals surface area contributed by atoms with E-state index in [1.807, 2.05) is 0 Å². The molecule has 1 saturated carbocycles. The zero-order chi connectivity index (χ0) is 16.6. The molecule has 2 aliphatic rings. The lowest BCUT2D eigenvalue weighted by Gasteiger charge is -2.30. The molecule has 23 heavy (non-hydrogen) atoms. The number of aliphatic hydroxyl groups excluding tert-OH is 1. The number of benzene rings is 1. The Labute approximate surface area is 134 Å². The second-order valence-corrected chi connectivity index (χ2v) is 6.51. The first-order chi connectivity index (χ1) is 11.0. The van der Waals surface area contributed by atoms with E-state index in [9.17, 15) is 19.1 Å². The van der Waals surface area contributed by atoms with Gasteiger partial charge in [-0.15, -0.1) is 0 Å². The van der Waals surface area contributed by atoms with Crippen LogP contribution in [0.25, 0.3) is 0 Å². The molecule has 1 aromatic carbocycles. The molecule has 0 radical (unpaired) electrons. The minimum atomic E-state index is -0.595. The van der Waals surface area contributed by atoms with E-state index in [4.69, 9.17) is 0 Å². The maximum atomic E-state index is 13.3. The van der Waals surface area contributed by atoms with Crippen molar-refractivity contribution in [2.75, 3.05) is 18.9 Å². The second-order valence-electron chi connectivity index (χ2n) is 6.51. The van der Waals surface area contributed by atoms with E-state index in [1.54, 1.807) is 18.0 Å². The average Bonchev–Trinajstić information content (AvgIpc) is 2.90. The number of halogens is 1. The van der Waals surface area contributed by atoms with Gasteiger partial charge in [-0.25, -0.2) is 4.39 Å². The summed E-state index contributed by atoms with van der Waals surface area (Å²) in [5.41, 5.74) is 1.02. The largest absolute Gasteiger partial charge is 0.393 e. The van der Waals surface area contributed by atoms with Gasteiger partial charge in [-0.2, -0.15) is 0 Å². The summed E-state index contributed by atoms with van der Waals surface area (Å²) >= 11 is 0. The van der Waals surface area contributed by atoms with E-state index in [0.29, 0.717) is 17.8 Å². The molecule has 0 aromatic heterocycles. The molecule has 0 spiro atoms. The molecular weight excluding hydrogens is 299 g/mol. The summed E-state index contributed by atoms with van der Waals surface area (Å²) in [5, 5.41) is 12.5. The number of likely N-dealkylation sites (N-methyl/N-ethyl adjacent to an activating group) is 1. The lowest BCUT2D eigenvalue weighted by Crippen LogP contribution is -2.40. The lowest BCUT2D eigenvalue weighted by molar-refractivity contribution is -0.134. The van der Waals surface area contributed by atoms with Gasteiger partial charge in [0.1, 0.15) is 5.82 Å². The van der Waals surface area contributed by atoms with Crippen LogP contribution < -0.4 is 5.32 Å². The Morgan fingerprint density at radius 2 is 2.22 bits per heavy atom. The van der Waals surface area contributed by atoms with Crippen LogP contribution in [0, 0.1) is 11.7 Å². The fourth-order valence-corrected chi connectivity index (χ4v) is 3.60. The number of carbonyl (C=O) groups is 2. The van der Waals surface area contributed by atoms with Crippen molar-refractivity contribution in [3.05, 3.63) is 29.6 Å². The smallest absolute Gasteiger partial charge is 0.230 e. The molecule has 2 N–H and O–H groups in total. The van der Waals surface area contributed by atoms with E-state index in [-0.39, 0.29) is 30.3 Å². The van der Waals surface area contributed by atoms with E-state index in [2.05, 4.69) is 5.32 Å². The maximum Gasteiger partial charge on any atom is 0.230 e. The molecule has 1 aliphatic heterocycles. The third-order valence-corrected chi connectivity index (χ3v) is 4.86. The van der Waals surface area contributed by atoms with Crippen LogP contribution >= 0.6 is 0 Å². The van der Waals surface area contributed by atoms with Crippen molar-refractivity contribution in [3.8, 4) is 0 Å². The molecule has 2 amide bonds. The zero-order valence-corrected chi connectivity index (χ0v) is 13.1. The minimum Gasteiger partial charge on any atom is -0.393 e. The van der Waals surface area contributed by atoms with Crippen molar-refractivity contribution in [2.24, 2.45) is 5.92 Å². The van der Waals surface area contributed by atoms with E-state index in [0.717, 1.165) is 19.3 Å². The van der Waals surface area contributed by atoms with Crippen LogP contribution in [0.15, 0.2) is 18.2 Å². The van der Waals surface area contributed by atoms with Gasteiger partial charge in [0.2, 0.25) is 11.8 Å². The highest BCUT2D eigenvalue weighted by molar-refractivity contribution is 6.01. The Morgan fingerprint density at radius 1 is 1.43 bits per heavy atom. The fraction of sp³-hybridized carbons (Fsp3) is 0.529. The predicted octanol–water partition coefficient (Wildman–Crippen LogP) is 1.87. The summed E-state index contributed by atoms with van der Waals surface area (Å²) in [7, 11) is 1.70. The average molecular weight is 320 g/mol. The molecule has 1 fully saturated rings. The standard InChI is InChI=1S/C17H21FN2O3/c1-20(9-10-3-2-4-15(10)21)17(23)13-8-16(22)19-14-7-11(18)5-6-12(13)14/h5-7,10,13,15,21H,2-4,8-9H2,1H3,(H,19,22). The Morgan fingerprint density at radius 3 is 2.91 bits per heavy atom. The third-order valence-electron chi connectivity index (χ3n) is 4.86. The summed E-state index contributed by atoms with van der Waals surface area (Å²) in [6.07, 6.45) is 2.37. The molecule has 5 nitrogen and oxygen atoms in total. The summed E-state index contributed by atoms with van der Waals surface area (Å²) in [6.45, 7) is 0.481. The third kappa shape index (κ3) is 3.22. The van der Waals surface area contributed by atoms with Gasteiger partial charge in [-0.1, -0.05) is 12.5 Å². The number of carbonyl (C=O) groups excluding carboxylic acids is 2. The van der Waals surface area contributed by atoms with Crippen LogP contribution in [0.1, 0.15) is 37.2 Å². The van der Waals surface area contributed by atoms with Gasteiger partial charge in [0.25, 0.3) is 0 Å². The monoisotopic (exact) mass is 320 g/mol. The first-order valence-corrected chi connectivity index (χ1v) is 7.98. The van der Waals surface area contributed by atoms with Crippen LogP contribution in [-0.2, 0) is 9.59 Å². The Bertz CT molecular complexity index is 634. The van der Waals surface area contributed by atoms with E-state index < -0.39 is 11.7 Å². The number of rotatable bonds is 3. The molecule has 1 aromatic rings. The molecular formula is C17H21FN2O3. The number of fused-ring (bicyclic) bond motifs is 1. The predicted molar refractivity (Wildman–Crippen MR) is 83.4 cm³/mol. The van der Waals surface area contributed by atoms with Crippen LogP contribution in [0.3, 0.4) is 0 Å². The molecule has 3 unspecified atom stereocenters. The number of nitrogens with one attached hydrogen (secondary N) is 1. The SMILES string of the molecule is CN(CC1CCCC1O)C(=O)C1CC(=O)Nc2cc(F)ccc21. The highest BCUT2D eigenvalue weighted by atomic mass is 19.1. The van der Waals surface area contributed by atoms with Crippen molar-refractivity contribution in [2.45, 2.75) is 37.7 Å². The molecule has 124 valence electrons. The van der Waals surface area contributed by atoms with Gasteiger partial charge in [0.15, 0.2) is 0 Å². The van der Waals surface area contributed by atoms with Gasteiger partial charge in [0, 0.05) is 31.6 Å². The second kappa shape index (κ2) is 6.28. The topological polar surface area (TPSA) is 69.6 Å². The van der Waals surface area contributed by atoms with Gasteiger partial charge < -0.3 is 15.3 Å². The first kappa shape index (κ1) is 15.9. The fourth-order valence-electron chi connectivity index (χ4n) is 3.60. The zero-order valence-electron chi connectivity index (χ0n) is 13.1. The molecule has 3 atom stereocenters. The van der Waals surface area contributed by atoms with Crippen LogP contribution in [0.2, 0.25) is 0 Å². The Hall–Kier alpha value is -1.95. The normalized spacial score (nSPS) is 26.6. The number of amides is 2. The van der Waals surface area contributed by atoms with Crippen LogP contribution in [0.4, 0.5) is 10.1 Å². The summed E-state index contributed by atoms with van der Waals surface area (Å²) in [4.78, 5) is 26.2. The van der Waals surface area contributed by atoms with Gasteiger partial charge >= 0.3 is 0 Å². The highest BCUT2D eigenvalue weighted by Gasteiger charge is 2.34. The molecule has 0 bridgehead atoms. The number of nitrogens with zero attached hydrogens (tertiary/aromatic N) is 1. The molecule has 3 rings (SSSR count). The number of hydrogen-bond acceptors (Lipinski definition) is 3. The van der Waals surface area contributed by atoms with Gasteiger partial charge in [0.05, 0.1) is 12.0 Å². The van der Waals surface area contributed by atoms with E-state index in [1.165, 1.54) is 12.1 Å². The summed E-state index contributed by atoms with van der Waals surface area (Å²) < 4.78 is 13.3. The van der Waals surface area contributed by atoms with Crippen molar-refractivity contribution in [3.63, 3.8) is 0 Å². The molecule has 0 saturated heterocycles. The highest BCUT2D eigenvalue weighted by Crippen LogP contribution is 2.34. The summed E-state index contributed by atoms with van der Waals surface area (Å²) in [6, 6.07) is 4.11. The molecule has 6 heteroatoms. The molecule has 1 heterocycles. The number of anilines is 1. The number of aliphatic hydroxyl groups is 1. The first-order valence-electron chi connectivity index (χ1n) is 7.98. The van der Waals surface area contributed by atoms with Crippen molar-refractivity contribution >= 4 is 17.5 Å². The Kier molecular flexibility index (Phi) is 4.35. The van der Waals surface area contributed by atoms with Crippen LogP contribution in [-0.4, -0.2) is 41.5 Å². The lowest BCUT2D eigenvalue weighted by atomic mass is 9.89. The summed E-state index contributed by atoms with van der Waals surface area (Å²) in [5.74, 6) is -1.39. The Balaban J connectivity index is 1.78. The number of hydrogen-bond donors (Lipinski definition) is 2. The minimum absolute atomic E-state index is 0.0645. The van der Waals surface area contributed by atoms with Crippen molar-refractivity contribution in [1.82, 2.24) is 4.90 Å². The van der Waals surface area contributed by atoms with Crippen molar-refractivity contribution < 1.29 is 19.1 Å². The van der Waals surface area contributed by atoms with Gasteiger partial charge in [-0.3, -0.25) is 9.59 Å².